The van der Waals surface area contributed by atoms with E-state index in [9.17, 15) is 9.59 Å². The lowest BCUT2D eigenvalue weighted by atomic mass is 10.2. The van der Waals surface area contributed by atoms with Gasteiger partial charge >= 0.3 is 5.97 Å². The Balaban J connectivity index is 3.02. The summed E-state index contributed by atoms with van der Waals surface area (Å²) >= 11 is 5.76. The Bertz CT molecular complexity index is 451. The molecule has 0 N–H and O–H groups in total. The van der Waals surface area contributed by atoms with Gasteiger partial charge in [0.2, 0.25) is 6.08 Å². The Morgan fingerprint density at radius 1 is 1.50 bits per heavy atom. The van der Waals surface area contributed by atoms with Crippen molar-refractivity contribution in [3.8, 4) is 0 Å². The monoisotopic (exact) mass is 239 g/mol. The molecule has 1 aromatic carbocycles. The summed E-state index contributed by atoms with van der Waals surface area (Å²) in [6, 6.07) is 4.38. The van der Waals surface area contributed by atoms with Crippen LogP contribution in [0.25, 0.3) is 0 Å². The summed E-state index contributed by atoms with van der Waals surface area (Å²) in [6.45, 7) is 3.50. The van der Waals surface area contributed by atoms with Crippen LogP contribution in [0.1, 0.15) is 24.2 Å². The van der Waals surface area contributed by atoms with Crippen molar-refractivity contribution in [2.24, 2.45) is 4.99 Å². The number of carbonyl (C=O) groups is 1. The van der Waals surface area contributed by atoms with Crippen molar-refractivity contribution >= 4 is 29.3 Å². The van der Waals surface area contributed by atoms with E-state index in [-0.39, 0.29) is 16.8 Å². The molecule has 0 unspecified atom stereocenters. The molecule has 1 aromatic rings. The van der Waals surface area contributed by atoms with E-state index in [1.165, 1.54) is 24.3 Å². The summed E-state index contributed by atoms with van der Waals surface area (Å²) in [4.78, 5) is 25.0. The molecular weight excluding hydrogens is 230 g/mol. The standard InChI is InChI=1S/C11H10ClNO3/c1-7(2)16-11(15)8-3-4-9(12)10(5-8)13-6-14/h3-5,7H,1-2H3. The van der Waals surface area contributed by atoms with Crippen molar-refractivity contribution < 1.29 is 14.3 Å². The summed E-state index contributed by atoms with van der Waals surface area (Å²) in [5.74, 6) is -0.478. The van der Waals surface area contributed by atoms with Gasteiger partial charge in [-0.1, -0.05) is 11.6 Å². The van der Waals surface area contributed by atoms with Crippen molar-refractivity contribution in [3.63, 3.8) is 0 Å². The minimum Gasteiger partial charge on any atom is -0.459 e. The Morgan fingerprint density at radius 3 is 2.75 bits per heavy atom. The van der Waals surface area contributed by atoms with E-state index in [0.717, 1.165) is 0 Å². The number of isocyanates is 1. The Hall–Kier alpha value is -1.64. The number of ether oxygens (including phenoxy) is 1. The zero-order valence-corrected chi connectivity index (χ0v) is 9.62. The first-order valence-electron chi connectivity index (χ1n) is 4.63. The lowest BCUT2D eigenvalue weighted by Crippen LogP contribution is -2.11. The third-order valence-corrected chi connectivity index (χ3v) is 2.01. The maximum absolute atomic E-state index is 11.5. The van der Waals surface area contributed by atoms with Gasteiger partial charge in [-0.25, -0.2) is 9.59 Å². The molecule has 0 aliphatic heterocycles. The van der Waals surface area contributed by atoms with Gasteiger partial charge in [-0.2, -0.15) is 4.99 Å². The number of carbonyl (C=O) groups excluding carboxylic acids is 2. The summed E-state index contributed by atoms with van der Waals surface area (Å²) in [5, 5.41) is 0.282. The van der Waals surface area contributed by atoms with E-state index in [2.05, 4.69) is 4.99 Å². The second-order valence-electron chi connectivity index (χ2n) is 3.32. The zero-order valence-electron chi connectivity index (χ0n) is 8.86. The highest BCUT2D eigenvalue weighted by molar-refractivity contribution is 6.33. The third-order valence-electron chi connectivity index (χ3n) is 1.69. The fourth-order valence-corrected chi connectivity index (χ4v) is 1.22. The average Bonchev–Trinajstić information content (AvgIpc) is 2.20. The molecule has 0 fully saturated rings. The quantitative estimate of drug-likeness (QED) is 0.463. The van der Waals surface area contributed by atoms with Gasteiger partial charge in [-0.15, -0.1) is 0 Å². The SMILES string of the molecule is CC(C)OC(=O)c1ccc(Cl)c(N=C=O)c1. The van der Waals surface area contributed by atoms with Gasteiger partial charge in [0.1, 0.15) is 0 Å². The second-order valence-corrected chi connectivity index (χ2v) is 3.73. The number of hydrogen-bond donors (Lipinski definition) is 0. The molecule has 0 aromatic heterocycles. The van der Waals surface area contributed by atoms with Crippen molar-refractivity contribution in [3.05, 3.63) is 28.8 Å². The van der Waals surface area contributed by atoms with Crippen molar-refractivity contribution in [2.75, 3.05) is 0 Å². The Kier molecular flexibility index (Phi) is 4.23. The van der Waals surface area contributed by atoms with Gasteiger partial charge in [0.05, 0.1) is 22.4 Å². The van der Waals surface area contributed by atoms with Gasteiger partial charge in [0.15, 0.2) is 0 Å². The minimum atomic E-state index is -0.478. The van der Waals surface area contributed by atoms with E-state index in [1.807, 2.05) is 0 Å². The molecule has 0 radical (unpaired) electrons. The average molecular weight is 240 g/mol. The summed E-state index contributed by atoms with van der Waals surface area (Å²) in [6.07, 6.45) is 1.16. The second kappa shape index (κ2) is 5.45. The molecule has 0 aliphatic rings. The van der Waals surface area contributed by atoms with Crippen LogP contribution in [-0.4, -0.2) is 18.2 Å². The Labute approximate surface area is 97.9 Å². The molecule has 1 rings (SSSR count). The van der Waals surface area contributed by atoms with E-state index in [0.29, 0.717) is 5.56 Å². The highest BCUT2D eigenvalue weighted by Crippen LogP contribution is 2.25. The van der Waals surface area contributed by atoms with Crippen LogP contribution in [0, 0.1) is 0 Å². The normalized spacial score (nSPS) is 9.75. The molecule has 0 heterocycles. The molecule has 84 valence electrons. The van der Waals surface area contributed by atoms with E-state index in [4.69, 9.17) is 16.3 Å². The first kappa shape index (κ1) is 12.4. The van der Waals surface area contributed by atoms with Crippen LogP contribution in [0.2, 0.25) is 5.02 Å². The number of esters is 1. The largest absolute Gasteiger partial charge is 0.459 e. The van der Waals surface area contributed by atoms with Crippen LogP contribution in [0.5, 0.6) is 0 Å². The maximum atomic E-state index is 11.5. The van der Waals surface area contributed by atoms with Crippen LogP contribution in [0.15, 0.2) is 23.2 Å². The highest BCUT2D eigenvalue weighted by Gasteiger charge is 2.11. The molecule has 0 saturated carbocycles. The number of benzene rings is 1. The molecule has 0 saturated heterocycles. The summed E-state index contributed by atoms with van der Waals surface area (Å²) in [7, 11) is 0. The molecule has 0 amide bonds. The van der Waals surface area contributed by atoms with E-state index in [1.54, 1.807) is 13.8 Å². The molecule has 0 aliphatic carbocycles. The number of halogens is 1. The Morgan fingerprint density at radius 2 is 2.19 bits per heavy atom. The predicted octanol–water partition coefficient (Wildman–Crippen LogP) is 2.87. The van der Waals surface area contributed by atoms with Gasteiger partial charge in [-0.05, 0) is 32.0 Å². The molecule has 0 atom stereocenters. The molecule has 0 bridgehead atoms. The third kappa shape index (κ3) is 3.19. The van der Waals surface area contributed by atoms with Gasteiger partial charge < -0.3 is 4.74 Å². The number of nitrogens with zero attached hydrogens (tertiary/aromatic N) is 1. The van der Waals surface area contributed by atoms with E-state index >= 15 is 0 Å². The molecular formula is C11H10ClNO3. The van der Waals surface area contributed by atoms with Crippen LogP contribution in [0.4, 0.5) is 5.69 Å². The smallest absolute Gasteiger partial charge is 0.338 e. The fourth-order valence-electron chi connectivity index (χ4n) is 1.06. The van der Waals surface area contributed by atoms with Crippen molar-refractivity contribution in [1.29, 1.82) is 0 Å². The lowest BCUT2D eigenvalue weighted by molar-refractivity contribution is 0.0378. The predicted molar refractivity (Wildman–Crippen MR) is 59.8 cm³/mol. The minimum absolute atomic E-state index is 0.204. The van der Waals surface area contributed by atoms with Crippen LogP contribution < -0.4 is 0 Å². The number of aliphatic imine (C=N–C) groups is 1. The lowest BCUT2D eigenvalue weighted by Gasteiger charge is -2.08. The summed E-state index contributed by atoms with van der Waals surface area (Å²) in [5.41, 5.74) is 0.502. The first-order chi connectivity index (χ1) is 7.54. The molecule has 0 spiro atoms. The van der Waals surface area contributed by atoms with E-state index < -0.39 is 5.97 Å². The van der Waals surface area contributed by atoms with Crippen molar-refractivity contribution in [2.45, 2.75) is 20.0 Å². The van der Waals surface area contributed by atoms with Crippen molar-refractivity contribution in [1.82, 2.24) is 0 Å². The van der Waals surface area contributed by atoms with Crippen LogP contribution in [0.3, 0.4) is 0 Å². The van der Waals surface area contributed by atoms with Gasteiger partial charge in [0.25, 0.3) is 0 Å². The number of rotatable bonds is 3. The molecule has 4 nitrogen and oxygen atoms in total. The first-order valence-corrected chi connectivity index (χ1v) is 5.00. The fraction of sp³-hybridized carbons (Fsp3) is 0.273. The van der Waals surface area contributed by atoms with Crippen LogP contribution >= 0.6 is 11.6 Å². The van der Waals surface area contributed by atoms with Gasteiger partial charge in [0, 0.05) is 0 Å². The molecule has 16 heavy (non-hydrogen) atoms. The topological polar surface area (TPSA) is 55.7 Å². The van der Waals surface area contributed by atoms with Gasteiger partial charge in [-0.3, -0.25) is 0 Å². The number of hydrogen-bond acceptors (Lipinski definition) is 4. The highest BCUT2D eigenvalue weighted by atomic mass is 35.5. The molecule has 5 heteroatoms. The summed E-state index contributed by atoms with van der Waals surface area (Å²) < 4.78 is 4.99. The maximum Gasteiger partial charge on any atom is 0.338 e. The zero-order chi connectivity index (χ0) is 12.1. The van der Waals surface area contributed by atoms with Crippen LogP contribution in [-0.2, 0) is 9.53 Å².